The molecule has 0 atom stereocenters. The van der Waals surface area contributed by atoms with Crippen LogP contribution >= 0.6 is 0 Å². The van der Waals surface area contributed by atoms with Crippen LogP contribution in [0.5, 0.6) is 11.5 Å². The molecule has 0 spiro atoms. The molecular formula is C15H18N2O2. The van der Waals surface area contributed by atoms with Crippen molar-refractivity contribution in [1.29, 1.82) is 0 Å². The highest BCUT2D eigenvalue weighted by molar-refractivity contribution is 5.42. The first-order valence-corrected chi connectivity index (χ1v) is 6.22. The molecule has 0 saturated heterocycles. The highest BCUT2D eigenvalue weighted by atomic mass is 16.5. The van der Waals surface area contributed by atoms with Crippen LogP contribution in [0.25, 0.3) is 0 Å². The molecule has 0 aliphatic heterocycles. The highest BCUT2D eigenvalue weighted by Gasteiger charge is 2.05. The van der Waals surface area contributed by atoms with Gasteiger partial charge in [-0.05, 0) is 35.4 Å². The van der Waals surface area contributed by atoms with Crippen LogP contribution in [-0.4, -0.2) is 18.7 Å². The van der Waals surface area contributed by atoms with Crippen molar-refractivity contribution < 1.29 is 9.47 Å². The molecule has 2 aromatic rings. The van der Waals surface area contributed by atoms with Crippen LogP contribution in [0.4, 0.5) is 0 Å². The van der Waals surface area contributed by atoms with Gasteiger partial charge in [-0.1, -0.05) is 6.07 Å². The second kappa shape index (κ2) is 6.75. The predicted octanol–water partition coefficient (Wildman–Crippen LogP) is 2.17. The van der Waals surface area contributed by atoms with E-state index in [0.29, 0.717) is 13.2 Å². The Bertz CT molecular complexity index is 515. The topological polar surface area (TPSA) is 57.4 Å². The van der Waals surface area contributed by atoms with E-state index in [0.717, 1.165) is 23.5 Å². The van der Waals surface area contributed by atoms with Gasteiger partial charge in [-0.25, -0.2) is 0 Å². The fourth-order valence-electron chi connectivity index (χ4n) is 1.79. The minimum atomic E-state index is 0.494. The molecule has 0 aliphatic carbocycles. The third-order valence-corrected chi connectivity index (χ3v) is 2.86. The highest BCUT2D eigenvalue weighted by Crippen LogP contribution is 2.28. The van der Waals surface area contributed by atoms with Gasteiger partial charge in [-0.2, -0.15) is 0 Å². The maximum Gasteiger partial charge on any atom is 0.161 e. The summed E-state index contributed by atoms with van der Waals surface area (Å²) < 4.78 is 11.0. The van der Waals surface area contributed by atoms with E-state index in [9.17, 15) is 0 Å². The second-order valence-corrected chi connectivity index (χ2v) is 4.14. The third kappa shape index (κ3) is 3.69. The molecule has 2 rings (SSSR count). The van der Waals surface area contributed by atoms with Gasteiger partial charge in [-0.3, -0.25) is 4.98 Å². The molecule has 0 fully saturated rings. The quantitative estimate of drug-likeness (QED) is 0.862. The van der Waals surface area contributed by atoms with E-state index in [1.54, 1.807) is 19.5 Å². The molecule has 2 N–H and O–H groups in total. The molecular weight excluding hydrogens is 240 g/mol. The van der Waals surface area contributed by atoms with Crippen molar-refractivity contribution in [2.24, 2.45) is 5.73 Å². The Morgan fingerprint density at radius 3 is 2.53 bits per heavy atom. The van der Waals surface area contributed by atoms with Gasteiger partial charge in [-0.15, -0.1) is 0 Å². The number of methoxy groups -OCH3 is 1. The van der Waals surface area contributed by atoms with E-state index >= 15 is 0 Å². The van der Waals surface area contributed by atoms with Gasteiger partial charge >= 0.3 is 0 Å². The number of nitrogens with two attached hydrogens (primary N) is 1. The lowest BCUT2D eigenvalue weighted by atomic mass is 10.2. The summed E-state index contributed by atoms with van der Waals surface area (Å²) in [6.07, 6.45) is 4.40. The molecule has 0 amide bonds. The largest absolute Gasteiger partial charge is 0.493 e. The summed E-state index contributed by atoms with van der Waals surface area (Å²) in [6.45, 7) is 1.09. The van der Waals surface area contributed by atoms with Crippen LogP contribution < -0.4 is 15.2 Å². The third-order valence-electron chi connectivity index (χ3n) is 2.86. The van der Waals surface area contributed by atoms with E-state index < -0.39 is 0 Å². The molecule has 1 aromatic heterocycles. The zero-order valence-corrected chi connectivity index (χ0v) is 11.0. The minimum Gasteiger partial charge on any atom is -0.493 e. The van der Waals surface area contributed by atoms with Gasteiger partial charge in [0.1, 0.15) is 0 Å². The molecule has 4 nitrogen and oxygen atoms in total. The van der Waals surface area contributed by atoms with E-state index in [2.05, 4.69) is 4.98 Å². The van der Waals surface area contributed by atoms with Crippen LogP contribution in [0, 0.1) is 0 Å². The Hall–Kier alpha value is -2.07. The smallest absolute Gasteiger partial charge is 0.161 e. The predicted molar refractivity (Wildman–Crippen MR) is 74.3 cm³/mol. The van der Waals surface area contributed by atoms with Gasteiger partial charge in [0.15, 0.2) is 11.5 Å². The molecule has 0 unspecified atom stereocenters. The molecule has 100 valence electrons. The standard InChI is InChI=1S/C15H18N2O2/c1-18-15-10-13(11-16)2-3-14(15)19-9-6-12-4-7-17-8-5-12/h2-5,7-8,10H,6,9,11,16H2,1H3. The first-order valence-electron chi connectivity index (χ1n) is 6.22. The summed E-state index contributed by atoms with van der Waals surface area (Å²) in [5, 5.41) is 0. The lowest BCUT2D eigenvalue weighted by Crippen LogP contribution is -2.04. The monoisotopic (exact) mass is 258 g/mol. The first kappa shape index (κ1) is 13.4. The van der Waals surface area contributed by atoms with Crippen LogP contribution in [-0.2, 0) is 13.0 Å². The van der Waals surface area contributed by atoms with Crippen molar-refractivity contribution in [1.82, 2.24) is 4.98 Å². The molecule has 0 bridgehead atoms. The zero-order chi connectivity index (χ0) is 13.5. The molecule has 19 heavy (non-hydrogen) atoms. The SMILES string of the molecule is COc1cc(CN)ccc1OCCc1ccncc1. The van der Waals surface area contributed by atoms with Gasteiger partial charge in [0.05, 0.1) is 13.7 Å². The zero-order valence-electron chi connectivity index (χ0n) is 11.0. The lowest BCUT2D eigenvalue weighted by Gasteiger charge is -2.11. The van der Waals surface area contributed by atoms with Crippen LogP contribution in [0.15, 0.2) is 42.7 Å². The number of hydrogen-bond donors (Lipinski definition) is 1. The van der Waals surface area contributed by atoms with E-state index in [1.165, 1.54) is 5.56 Å². The average Bonchev–Trinajstić information content (AvgIpc) is 2.48. The second-order valence-electron chi connectivity index (χ2n) is 4.14. The lowest BCUT2D eigenvalue weighted by molar-refractivity contribution is 0.297. The molecule has 0 radical (unpaired) electrons. The number of pyridine rings is 1. The van der Waals surface area contributed by atoms with Crippen molar-refractivity contribution in [3.05, 3.63) is 53.9 Å². The number of ether oxygens (including phenoxy) is 2. The Kier molecular flexibility index (Phi) is 4.75. The normalized spacial score (nSPS) is 10.2. The van der Waals surface area contributed by atoms with Crippen molar-refractivity contribution in [2.45, 2.75) is 13.0 Å². The molecule has 1 heterocycles. The number of aromatic nitrogens is 1. The number of benzene rings is 1. The van der Waals surface area contributed by atoms with Crippen LogP contribution in [0.2, 0.25) is 0 Å². The number of nitrogens with zero attached hydrogens (tertiary/aromatic N) is 1. The summed E-state index contributed by atoms with van der Waals surface area (Å²) in [5.41, 5.74) is 7.82. The summed E-state index contributed by atoms with van der Waals surface area (Å²) in [6, 6.07) is 9.72. The van der Waals surface area contributed by atoms with Crippen molar-refractivity contribution >= 4 is 0 Å². The summed E-state index contributed by atoms with van der Waals surface area (Å²) >= 11 is 0. The number of rotatable bonds is 6. The van der Waals surface area contributed by atoms with Crippen LogP contribution in [0.1, 0.15) is 11.1 Å². The van der Waals surface area contributed by atoms with E-state index in [4.69, 9.17) is 15.2 Å². The average molecular weight is 258 g/mol. The molecule has 0 aliphatic rings. The van der Waals surface area contributed by atoms with Gasteiger partial charge in [0, 0.05) is 25.4 Å². The molecule has 0 saturated carbocycles. The van der Waals surface area contributed by atoms with Gasteiger partial charge in [0.25, 0.3) is 0 Å². The molecule has 4 heteroatoms. The van der Waals surface area contributed by atoms with Gasteiger partial charge < -0.3 is 15.2 Å². The summed E-state index contributed by atoms with van der Waals surface area (Å²) in [7, 11) is 1.63. The Balaban J connectivity index is 1.96. The maximum atomic E-state index is 5.75. The van der Waals surface area contributed by atoms with Crippen molar-refractivity contribution in [3.63, 3.8) is 0 Å². The number of hydrogen-bond acceptors (Lipinski definition) is 4. The van der Waals surface area contributed by atoms with Gasteiger partial charge in [0.2, 0.25) is 0 Å². The Morgan fingerprint density at radius 2 is 1.84 bits per heavy atom. The van der Waals surface area contributed by atoms with Crippen LogP contribution in [0.3, 0.4) is 0 Å². The van der Waals surface area contributed by atoms with Crippen molar-refractivity contribution in [2.75, 3.05) is 13.7 Å². The Morgan fingerprint density at radius 1 is 1.05 bits per heavy atom. The fourth-order valence-corrected chi connectivity index (χ4v) is 1.79. The minimum absolute atomic E-state index is 0.494. The maximum absolute atomic E-state index is 5.75. The molecule has 1 aromatic carbocycles. The first-order chi connectivity index (χ1) is 9.33. The summed E-state index contributed by atoms with van der Waals surface area (Å²) in [5.74, 6) is 1.46. The summed E-state index contributed by atoms with van der Waals surface area (Å²) in [4.78, 5) is 3.99. The van der Waals surface area contributed by atoms with Crippen molar-refractivity contribution in [3.8, 4) is 11.5 Å². The van der Waals surface area contributed by atoms with E-state index in [-0.39, 0.29) is 0 Å². The van der Waals surface area contributed by atoms with E-state index in [1.807, 2.05) is 30.3 Å². The fraction of sp³-hybridized carbons (Fsp3) is 0.267. The Labute approximate surface area is 113 Å².